The van der Waals surface area contributed by atoms with Gasteiger partial charge in [-0.2, -0.15) is 0 Å². The molecule has 4 aromatic rings. The Bertz CT molecular complexity index is 1390. The number of benzene rings is 2. The summed E-state index contributed by atoms with van der Waals surface area (Å²) < 4.78 is 3.40. The van der Waals surface area contributed by atoms with Gasteiger partial charge in [0, 0.05) is 18.3 Å². The van der Waals surface area contributed by atoms with Crippen LogP contribution >= 0.6 is 11.8 Å². The fraction of sp³-hybridized carbons (Fsp3) is 0.217. The Hall–Kier alpha value is -3.39. The van der Waals surface area contributed by atoms with Crippen LogP contribution in [0.4, 0.5) is 5.69 Å². The van der Waals surface area contributed by atoms with Gasteiger partial charge < -0.3 is 4.90 Å². The molecule has 1 aliphatic heterocycles. The molecule has 8 heteroatoms. The second-order valence-corrected chi connectivity index (χ2v) is 8.52. The van der Waals surface area contributed by atoms with Gasteiger partial charge >= 0.3 is 0 Å². The summed E-state index contributed by atoms with van der Waals surface area (Å²) in [6, 6.07) is 15.5. The van der Waals surface area contributed by atoms with Crippen molar-refractivity contribution < 1.29 is 4.79 Å². The molecule has 1 amide bonds. The number of carbonyl (C=O) groups excluding carboxylic acids is 1. The van der Waals surface area contributed by atoms with Crippen molar-refractivity contribution in [3.05, 3.63) is 77.1 Å². The minimum atomic E-state index is -0.134. The van der Waals surface area contributed by atoms with E-state index >= 15 is 0 Å². The molecular formula is C23H21N5O2S. The highest BCUT2D eigenvalue weighted by atomic mass is 32.2. The molecule has 0 radical (unpaired) electrons. The number of fused-ring (bicyclic) bond motifs is 4. The van der Waals surface area contributed by atoms with Gasteiger partial charge in [0.25, 0.3) is 5.56 Å². The molecule has 0 fully saturated rings. The molecule has 2 aromatic carbocycles. The number of amides is 1. The van der Waals surface area contributed by atoms with Crippen LogP contribution in [0.3, 0.4) is 0 Å². The Kier molecular flexibility index (Phi) is 4.86. The maximum Gasteiger partial charge on any atom is 0.263 e. The number of nitrogens with zero attached hydrogens (tertiary/aromatic N) is 5. The second-order valence-electron chi connectivity index (χ2n) is 7.57. The molecule has 156 valence electrons. The van der Waals surface area contributed by atoms with Crippen molar-refractivity contribution in [3.63, 3.8) is 0 Å². The fourth-order valence-corrected chi connectivity index (χ4v) is 5.06. The van der Waals surface area contributed by atoms with Crippen molar-refractivity contribution in [2.45, 2.75) is 31.1 Å². The zero-order valence-corrected chi connectivity index (χ0v) is 17.9. The Morgan fingerprint density at radius 1 is 1.19 bits per heavy atom. The average molecular weight is 432 g/mol. The van der Waals surface area contributed by atoms with Gasteiger partial charge in [-0.05, 0) is 37.1 Å². The van der Waals surface area contributed by atoms with Crippen LogP contribution in [-0.4, -0.2) is 36.9 Å². The van der Waals surface area contributed by atoms with Crippen LogP contribution in [0.2, 0.25) is 0 Å². The van der Waals surface area contributed by atoms with Crippen molar-refractivity contribution in [1.29, 1.82) is 0 Å². The number of hydrogen-bond donors (Lipinski definition) is 0. The molecule has 1 atom stereocenters. The molecule has 5 rings (SSSR count). The number of hydrogen-bond acceptors (Lipinski definition) is 5. The molecule has 31 heavy (non-hydrogen) atoms. The predicted molar refractivity (Wildman–Crippen MR) is 123 cm³/mol. The Morgan fingerprint density at radius 3 is 2.81 bits per heavy atom. The number of para-hydroxylation sites is 2. The van der Waals surface area contributed by atoms with Gasteiger partial charge in [0.1, 0.15) is 0 Å². The lowest BCUT2D eigenvalue weighted by Gasteiger charge is -2.22. The predicted octanol–water partition coefficient (Wildman–Crippen LogP) is 3.30. The molecular weight excluding hydrogens is 410 g/mol. The van der Waals surface area contributed by atoms with E-state index in [4.69, 9.17) is 0 Å². The molecule has 0 aliphatic carbocycles. The molecule has 0 bridgehead atoms. The van der Waals surface area contributed by atoms with Crippen molar-refractivity contribution in [2.75, 3.05) is 10.7 Å². The summed E-state index contributed by atoms with van der Waals surface area (Å²) >= 11 is 1.33. The third-order valence-electron chi connectivity index (χ3n) is 5.59. The standard InChI is InChI=1S/C23H21N5O2S/c1-3-12-26-21(30)17-9-5-7-11-19(17)28-22(26)24-25-23(28)31-14-20(29)27-15(2)13-16-8-4-6-10-18(16)27/h3-11,15H,1,12-14H2,2H3. The normalized spacial score (nSPS) is 15.5. The first-order valence-electron chi connectivity index (χ1n) is 10.1. The summed E-state index contributed by atoms with van der Waals surface area (Å²) in [6.45, 7) is 6.14. The zero-order chi connectivity index (χ0) is 21.5. The largest absolute Gasteiger partial charge is 0.308 e. The molecule has 2 aromatic heterocycles. The monoisotopic (exact) mass is 431 g/mol. The van der Waals surface area contributed by atoms with E-state index in [1.807, 2.05) is 45.7 Å². The van der Waals surface area contributed by atoms with E-state index in [1.165, 1.54) is 17.3 Å². The zero-order valence-electron chi connectivity index (χ0n) is 17.1. The van der Waals surface area contributed by atoms with Crippen LogP contribution in [0.5, 0.6) is 0 Å². The van der Waals surface area contributed by atoms with Crippen LogP contribution in [0, 0.1) is 0 Å². The van der Waals surface area contributed by atoms with E-state index in [1.54, 1.807) is 16.7 Å². The minimum absolute atomic E-state index is 0.0305. The SMILES string of the molecule is C=CCn1c(=O)c2ccccc2n2c(SCC(=O)N3c4ccccc4CC3C)nnc12. The molecule has 1 unspecified atom stereocenters. The molecule has 0 saturated carbocycles. The van der Waals surface area contributed by atoms with E-state index in [0.29, 0.717) is 22.9 Å². The smallest absolute Gasteiger partial charge is 0.263 e. The molecule has 0 N–H and O–H groups in total. The number of aromatic nitrogens is 4. The van der Waals surface area contributed by atoms with E-state index in [-0.39, 0.29) is 23.3 Å². The summed E-state index contributed by atoms with van der Waals surface area (Å²) in [5, 5.41) is 9.72. The molecule has 3 heterocycles. The highest BCUT2D eigenvalue weighted by Gasteiger charge is 2.30. The first-order chi connectivity index (χ1) is 15.1. The summed E-state index contributed by atoms with van der Waals surface area (Å²) in [4.78, 5) is 27.9. The number of anilines is 1. The van der Waals surface area contributed by atoms with Gasteiger partial charge in [-0.1, -0.05) is 48.2 Å². The third kappa shape index (κ3) is 3.14. The maximum absolute atomic E-state index is 13.1. The lowest BCUT2D eigenvalue weighted by Crippen LogP contribution is -2.37. The molecule has 7 nitrogen and oxygen atoms in total. The summed E-state index contributed by atoms with van der Waals surface area (Å²) in [5.41, 5.74) is 2.77. The highest BCUT2D eigenvalue weighted by molar-refractivity contribution is 7.99. The van der Waals surface area contributed by atoms with E-state index in [2.05, 4.69) is 29.8 Å². The topological polar surface area (TPSA) is 72.5 Å². The number of allylic oxidation sites excluding steroid dienone is 1. The van der Waals surface area contributed by atoms with Gasteiger partial charge in [0.2, 0.25) is 11.7 Å². The molecule has 1 aliphatic rings. The number of thioether (sulfide) groups is 1. The second kappa shape index (κ2) is 7.70. The lowest BCUT2D eigenvalue weighted by molar-refractivity contribution is -0.116. The van der Waals surface area contributed by atoms with Crippen molar-refractivity contribution in [2.24, 2.45) is 0 Å². The maximum atomic E-state index is 13.1. The van der Waals surface area contributed by atoms with Crippen LogP contribution in [0.25, 0.3) is 16.7 Å². The first-order valence-corrected chi connectivity index (χ1v) is 11.1. The quantitative estimate of drug-likeness (QED) is 0.358. The average Bonchev–Trinajstić information content (AvgIpc) is 3.35. The first kappa shape index (κ1) is 19.6. The van der Waals surface area contributed by atoms with Crippen molar-refractivity contribution >= 4 is 40.0 Å². The van der Waals surface area contributed by atoms with Crippen molar-refractivity contribution in [3.8, 4) is 0 Å². The Morgan fingerprint density at radius 2 is 1.97 bits per heavy atom. The third-order valence-corrected chi connectivity index (χ3v) is 6.50. The van der Waals surface area contributed by atoms with Crippen molar-refractivity contribution in [1.82, 2.24) is 19.2 Å². The van der Waals surface area contributed by atoms with E-state index in [9.17, 15) is 9.59 Å². The van der Waals surface area contributed by atoms with E-state index < -0.39 is 0 Å². The summed E-state index contributed by atoms with van der Waals surface area (Å²) in [6.07, 6.45) is 2.52. The number of rotatable bonds is 5. The van der Waals surface area contributed by atoms with Crippen LogP contribution < -0.4 is 10.5 Å². The Labute approximate surface area is 183 Å². The highest BCUT2D eigenvalue weighted by Crippen LogP contribution is 2.33. The van der Waals surface area contributed by atoms with Crippen LogP contribution in [0.1, 0.15) is 12.5 Å². The minimum Gasteiger partial charge on any atom is -0.308 e. The van der Waals surface area contributed by atoms with Gasteiger partial charge in [-0.25, -0.2) is 0 Å². The van der Waals surface area contributed by atoms with Gasteiger partial charge in [-0.3, -0.25) is 18.6 Å². The molecule has 0 spiro atoms. The summed E-state index contributed by atoms with van der Waals surface area (Å²) in [5.74, 6) is 0.704. The van der Waals surface area contributed by atoms with Crippen LogP contribution in [0.15, 0.2) is 71.1 Å². The van der Waals surface area contributed by atoms with Gasteiger partial charge in [0.15, 0.2) is 5.16 Å². The van der Waals surface area contributed by atoms with E-state index in [0.717, 1.165) is 17.6 Å². The Balaban J connectivity index is 1.51. The molecule has 0 saturated heterocycles. The van der Waals surface area contributed by atoms with Crippen LogP contribution in [-0.2, 0) is 17.8 Å². The number of carbonyl (C=O) groups is 1. The van der Waals surface area contributed by atoms with Gasteiger partial charge in [0.05, 0.1) is 16.7 Å². The lowest BCUT2D eigenvalue weighted by atomic mass is 10.1. The fourth-order valence-electron chi connectivity index (χ4n) is 4.26. The summed E-state index contributed by atoms with van der Waals surface area (Å²) in [7, 11) is 0. The van der Waals surface area contributed by atoms with Gasteiger partial charge in [-0.15, -0.1) is 16.8 Å².